The summed E-state index contributed by atoms with van der Waals surface area (Å²) < 4.78 is 26.3. The van der Waals surface area contributed by atoms with E-state index in [1.807, 2.05) is 0 Å². The summed E-state index contributed by atoms with van der Waals surface area (Å²) in [6.07, 6.45) is 0. The Balaban J connectivity index is 2.10. The van der Waals surface area contributed by atoms with Crippen molar-refractivity contribution in [3.63, 3.8) is 0 Å². The van der Waals surface area contributed by atoms with Crippen molar-refractivity contribution in [1.29, 1.82) is 0 Å². The lowest BCUT2D eigenvalue weighted by Gasteiger charge is -2.06. The molecule has 0 radical (unpaired) electrons. The molecule has 0 bridgehead atoms. The molecule has 0 unspecified atom stereocenters. The number of hydrogen-bond acceptors (Lipinski definition) is 5. The molecule has 1 aromatic carbocycles. The summed E-state index contributed by atoms with van der Waals surface area (Å²) in [5, 5.41) is 12.1. The Bertz CT molecular complexity index is 907. The number of halogens is 1. The molecule has 0 atom stereocenters. The molecule has 0 aliphatic carbocycles. The van der Waals surface area contributed by atoms with Gasteiger partial charge >= 0.3 is 0 Å². The van der Waals surface area contributed by atoms with Crippen LogP contribution in [0.3, 0.4) is 0 Å². The van der Waals surface area contributed by atoms with Gasteiger partial charge in [-0.15, -0.1) is 10.2 Å². The highest BCUT2D eigenvalue weighted by Gasteiger charge is 2.19. The molecule has 0 fully saturated rings. The fraction of sp³-hybridized carbons (Fsp3) is 0.154. The number of sulfone groups is 1. The third kappa shape index (κ3) is 2.62. The first-order valence-corrected chi connectivity index (χ1v) is 8.15. The van der Waals surface area contributed by atoms with Crippen LogP contribution in [0.2, 0.25) is 5.15 Å². The van der Waals surface area contributed by atoms with E-state index in [0.29, 0.717) is 17.0 Å². The molecule has 3 aromatic rings. The minimum atomic E-state index is -3.48. The lowest BCUT2D eigenvalue weighted by Crippen LogP contribution is -2.08. The fourth-order valence-electron chi connectivity index (χ4n) is 2.03. The molecular weight excluding hydrogens is 312 g/mol. The molecule has 2 heterocycles. The predicted octanol–water partition coefficient (Wildman–Crippen LogP) is 2.06. The Morgan fingerprint density at radius 2 is 1.90 bits per heavy atom. The van der Waals surface area contributed by atoms with E-state index in [2.05, 4.69) is 15.3 Å². The van der Waals surface area contributed by atoms with Crippen molar-refractivity contribution in [3.05, 3.63) is 52.9 Å². The van der Waals surface area contributed by atoms with E-state index in [9.17, 15) is 8.42 Å². The highest BCUT2D eigenvalue weighted by atomic mass is 35.5. The second-order valence-electron chi connectivity index (χ2n) is 4.55. The number of nitrogens with zero attached hydrogens (tertiary/aromatic N) is 4. The van der Waals surface area contributed by atoms with Gasteiger partial charge in [0.15, 0.2) is 26.5 Å². The van der Waals surface area contributed by atoms with Gasteiger partial charge in [-0.2, -0.15) is 9.61 Å². The molecule has 6 nitrogen and oxygen atoms in total. The van der Waals surface area contributed by atoms with Gasteiger partial charge < -0.3 is 0 Å². The molecule has 0 aliphatic heterocycles. The van der Waals surface area contributed by atoms with Crippen LogP contribution in [-0.4, -0.2) is 28.2 Å². The summed E-state index contributed by atoms with van der Waals surface area (Å²) in [6.45, 7) is 1.72. The average molecular weight is 323 g/mol. The largest absolute Gasteiger partial charge is 0.223 e. The monoisotopic (exact) mass is 322 g/mol. The highest BCUT2D eigenvalue weighted by Crippen LogP contribution is 2.20. The SMILES string of the molecule is Cc1nnc2c(CS(=O)(=O)c3ccccc3)cc(Cl)nn12. The molecular formula is C13H11ClN4O2S. The van der Waals surface area contributed by atoms with E-state index in [1.165, 1.54) is 10.6 Å². The first-order valence-electron chi connectivity index (χ1n) is 6.12. The van der Waals surface area contributed by atoms with Crippen molar-refractivity contribution >= 4 is 27.1 Å². The quantitative estimate of drug-likeness (QED) is 0.737. The van der Waals surface area contributed by atoms with Crippen molar-refractivity contribution < 1.29 is 8.42 Å². The van der Waals surface area contributed by atoms with E-state index in [-0.39, 0.29) is 15.8 Å². The molecule has 0 amide bonds. The first kappa shape index (κ1) is 14.0. The average Bonchev–Trinajstić information content (AvgIpc) is 2.81. The van der Waals surface area contributed by atoms with Crippen LogP contribution in [0.25, 0.3) is 5.65 Å². The van der Waals surface area contributed by atoms with Gasteiger partial charge in [0.1, 0.15) is 0 Å². The van der Waals surface area contributed by atoms with Gasteiger partial charge in [-0.3, -0.25) is 0 Å². The zero-order valence-electron chi connectivity index (χ0n) is 11.1. The fourth-order valence-corrected chi connectivity index (χ4v) is 3.60. The molecule has 3 rings (SSSR count). The predicted molar refractivity (Wildman–Crippen MR) is 77.9 cm³/mol. The van der Waals surface area contributed by atoms with Gasteiger partial charge in [0.25, 0.3) is 0 Å². The first-order chi connectivity index (χ1) is 9.97. The molecule has 0 aliphatic rings. The molecule has 0 saturated heterocycles. The summed E-state index contributed by atoms with van der Waals surface area (Å²) >= 11 is 5.95. The van der Waals surface area contributed by atoms with Crippen LogP contribution < -0.4 is 0 Å². The molecule has 8 heteroatoms. The van der Waals surface area contributed by atoms with E-state index >= 15 is 0 Å². The number of aryl methyl sites for hydroxylation is 1. The van der Waals surface area contributed by atoms with Crippen LogP contribution in [0.4, 0.5) is 0 Å². The smallest absolute Gasteiger partial charge is 0.182 e. The van der Waals surface area contributed by atoms with Crippen LogP contribution in [0.15, 0.2) is 41.3 Å². The third-order valence-corrected chi connectivity index (χ3v) is 4.89. The highest BCUT2D eigenvalue weighted by molar-refractivity contribution is 7.90. The van der Waals surface area contributed by atoms with Crippen LogP contribution in [0.1, 0.15) is 11.4 Å². The summed E-state index contributed by atoms with van der Waals surface area (Å²) in [4.78, 5) is 0.257. The third-order valence-electron chi connectivity index (χ3n) is 3.02. The maximum Gasteiger partial charge on any atom is 0.182 e. The minimum Gasteiger partial charge on any atom is -0.223 e. The van der Waals surface area contributed by atoms with Crippen LogP contribution in [0, 0.1) is 6.92 Å². The van der Waals surface area contributed by atoms with Crippen molar-refractivity contribution in [3.8, 4) is 0 Å². The number of hydrogen-bond donors (Lipinski definition) is 0. The van der Waals surface area contributed by atoms with Gasteiger partial charge in [-0.25, -0.2) is 8.42 Å². The van der Waals surface area contributed by atoms with Crippen molar-refractivity contribution in [2.45, 2.75) is 17.6 Å². The van der Waals surface area contributed by atoms with Crippen molar-refractivity contribution in [2.75, 3.05) is 0 Å². The van der Waals surface area contributed by atoms with Gasteiger partial charge in [-0.1, -0.05) is 29.8 Å². The zero-order valence-corrected chi connectivity index (χ0v) is 12.6. The summed E-state index contributed by atoms with van der Waals surface area (Å²) in [5.74, 6) is 0.340. The van der Waals surface area contributed by atoms with Crippen molar-refractivity contribution in [1.82, 2.24) is 19.8 Å². The zero-order chi connectivity index (χ0) is 15.0. The molecule has 0 spiro atoms. The number of aromatic nitrogens is 4. The Morgan fingerprint density at radius 3 is 2.62 bits per heavy atom. The lowest BCUT2D eigenvalue weighted by atomic mass is 10.3. The number of fused-ring (bicyclic) bond motifs is 1. The second kappa shape index (κ2) is 5.09. The maximum atomic E-state index is 12.4. The second-order valence-corrected chi connectivity index (χ2v) is 6.92. The molecule has 21 heavy (non-hydrogen) atoms. The summed E-state index contributed by atoms with van der Waals surface area (Å²) in [5.41, 5.74) is 0.871. The Kier molecular flexibility index (Phi) is 3.38. The Labute approximate surface area is 126 Å². The number of benzene rings is 1. The van der Waals surface area contributed by atoms with Crippen molar-refractivity contribution in [2.24, 2.45) is 0 Å². The topological polar surface area (TPSA) is 77.2 Å². The van der Waals surface area contributed by atoms with Crippen LogP contribution in [-0.2, 0) is 15.6 Å². The normalized spacial score (nSPS) is 11.9. The lowest BCUT2D eigenvalue weighted by molar-refractivity contribution is 0.595. The number of rotatable bonds is 3. The van der Waals surface area contributed by atoms with Gasteiger partial charge in [-0.05, 0) is 25.1 Å². The Morgan fingerprint density at radius 1 is 1.19 bits per heavy atom. The summed E-state index contributed by atoms with van der Waals surface area (Å²) in [7, 11) is -3.48. The Hall–Kier alpha value is -1.99. The van der Waals surface area contributed by atoms with Crippen LogP contribution in [0.5, 0.6) is 0 Å². The van der Waals surface area contributed by atoms with Gasteiger partial charge in [0, 0.05) is 5.56 Å². The van der Waals surface area contributed by atoms with Gasteiger partial charge in [0.2, 0.25) is 0 Å². The summed E-state index contributed by atoms with van der Waals surface area (Å²) in [6, 6.07) is 9.76. The van der Waals surface area contributed by atoms with E-state index in [0.717, 1.165) is 0 Å². The molecule has 0 saturated carbocycles. The van der Waals surface area contributed by atoms with E-state index in [1.54, 1.807) is 37.3 Å². The molecule has 0 N–H and O–H groups in total. The van der Waals surface area contributed by atoms with E-state index in [4.69, 9.17) is 11.6 Å². The standard InChI is InChI=1S/C13H11ClN4O2S/c1-9-15-16-13-10(7-12(14)17-18(9)13)8-21(19,20)11-5-3-2-4-6-11/h2-7H,8H2,1H3. The molecule has 2 aromatic heterocycles. The maximum absolute atomic E-state index is 12.4. The minimum absolute atomic E-state index is 0.198. The van der Waals surface area contributed by atoms with Crippen LogP contribution >= 0.6 is 11.6 Å². The van der Waals surface area contributed by atoms with E-state index < -0.39 is 9.84 Å². The van der Waals surface area contributed by atoms with Gasteiger partial charge in [0.05, 0.1) is 10.6 Å². The molecule has 108 valence electrons.